The number of methoxy groups -OCH3 is 1. The van der Waals surface area contributed by atoms with Crippen LogP contribution in [-0.2, 0) is 9.53 Å². The molecule has 0 aromatic heterocycles. The maximum atomic E-state index is 10.9. The Morgan fingerprint density at radius 3 is 2.56 bits per heavy atom. The second kappa shape index (κ2) is 11.4. The highest BCUT2D eigenvalue weighted by Crippen LogP contribution is 2.04. The maximum Gasteiger partial charge on any atom is 0.233 e. The van der Waals surface area contributed by atoms with Gasteiger partial charge in [-0.1, -0.05) is 20.3 Å². The fourth-order valence-electron chi connectivity index (χ4n) is 1.90. The predicted octanol–water partition coefficient (Wildman–Crippen LogP) is 1.14. The zero-order valence-corrected chi connectivity index (χ0v) is 12.1. The molecule has 0 aliphatic heterocycles. The van der Waals surface area contributed by atoms with Crippen LogP contribution in [0.5, 0.6) is 0 Å². The minimum atomic E-state index is -0.0755. The van der Waals surface area contributed by atoms with Crippen molar-refractivity contribution in [3.8, 4) is 0 Å². The molecule has 108 valence electrons. The average molecular weight is 259 g/mol. The maximum absolute atomic E-state index is 10.9. The molecule has 0 saturated heterocycles. The van der Waals surface area contributed by atoms with Gasteiger partial charge in [-0.15, -0.1) is 0 Å². The molecule has 0 unspecified atom stereocenters. The van der Waals surface area contributed by atoms with E-state index in [1.165, 1.54) is 0 Å². The molecule has 18 heavy (non-hydrogen) atoms. The molecule has 0 rings (SSSR count). The minimum absolute atomic E-state index is 0.0755. The van der Waals surface area contributed by atoms with Gasteiger partial charge in [0.15, 0.2) is 0 Å². The summed E-state index contributed by atoms with van der Waals surface area (Å²) in [6, 6.07) is 0. The van der Waals surface area contributed by atoms with E-state index in [0.717, 1.165) is 45.5 Å². The molecule has 0 radical (unpaired) electrons. The Hall–Kier alpha value is -0.650. The van der Waals surface area contributed by atoms with Crippen LogP contribution in [0.2, 0.25) is 0 Å². The van der Waals surface area contributed by atoms with Gasteiger partial charge in [0.25, 0.3) is 0 Å². The van der Waals surface area contributed by atoms with E-state index in [-0.39, 0.29) is 5.91 Å². The van der Waals surface area contributed by atoms with Crippen molar-refractivity contribution < 1.29 is 9.53 Å². The summed E-state index contributed by atoms with van der Waals surface area (Å²) in [4.78, 5) is 13.4. The van der Waals surface area contributed by atoms with Crippen LogP contribution in [-0.4, -0.2) is 44.2 Å². The van der Waals surface area contributed by atoms with Gasteiger partial charge in [0, 0.05) is 26.6 Å². The predicted molar refractivity (Wildman–Crippen MR) is 74.0 cm³/mol. The van der Waals surface area contributed by atoms with E-state index in [0.29, 0.717) is 12.3 Å². The molecule has 0 saturated carbocycles. The van der Waals surface area contributed by atoms with Crippen molar-refractivity contribution in [3.63, 3.8) is 0 Å². The van der Waals surface area contributed by atoms with Crippen molar-refractivity contribution in [3.05, 3.63) is 0 Å². The van der Waals surface area contributed by atoms with Crippen molar-refractivity contribution in [1.82, 2.24) is 10.3 Å². The third-order valence-corrected chi connectivity index (χ3v) is 2.77. The summed E-state index contributed by atoms with van der Waals surface area (Å²) in [5.41, 5.74) is 2.15. The van der Waals surface area contributed by atoms with Crippen LogP contribution in [0.1, 0.15) is 39.5 Å². The highest BCUT2D eigenvalue weighted by Gasteiger charge is 2.07. The highest BCUT2D eigenvalue weighted by atomic mass is 16.5. The Morgan fingerprint density at radius 1 is 1.28 bits per heavy atom. The SMILES string of the molecule is COCCN(CCCCCC(=O)NN)CC(C)C. The molecule has 1 amide bonds. The third-order valence-electron chi connectivity index (χ3n) is 2.77. The topological polar surface area (TPSA) is 67.6 Å². The quantitative estimate of drug-likeness (QED) is 0.253. The first-order valence-corrected chi connectivity index (χ1v) is 6.80. The Balaban J connectivity index is 3.64. The van der Waals surface area contributed by atoms with Crippen LogP contribution in [0.15, 0.2) is 0 Å². The van der Waals surface area contributed by atoms with Crippen LogP contribution in [0.4, 0.5) is 0 Å². The van der Waals surface area contributed by atoms with E-state index in [1.54, 1.807) is 7.11 Å². The van der Waals surface area contributed by atoms with Gasteiger partial charge in [0.05, 0.1) is 6.61 Å². The van der Waals surface area contributed by atoms with Gasteiger partial charge in [-0.25, -0.2) is 5.84 Å². The smallest absolute Gasteiger partial charge is 0.233 e. The standard InChI is InChI=1S/C13H29N3O2/c1-12(2)11-16(9-10-18-3)8-6-4-5-7-13(17)15-14/h12H,4-11,14H2,1-3H3,(H,15,17). The van der Waals surface area contributed by atoms with Crippen molar-refractivity contribution in [1.29, 1.82) is 0 Å². The van der Waals surface area contributed by atoms with Crippen molar-refractivity contribution in [2.45, 2.75) is 39.5 Å². The van der Waals surface area contributed by atoms with E-state index in [4.69, 9.17) is 10.6 Å². The number of rotatable bonds is 11. The van der Waals surface area contributed by atoms with Crippen molar-refractivity contribution >= 4 is 5.91 Å². The molecule has 0 aliphatic rings. The summed E-state index contributed by atoms with van der Waals surface area (Å²) < 4.78 is 5.12. The van der Waals surface area contributed by atoms with Gasteiger partial charge >= 0.3 is 0 Å². The van der Waals surface area contributed by atoms with E-state index >= 15 is 0 Å². The largest absolute Gasteiger partial charge is 0.383 e. The van der Waals surface area contributed by atoms with Crippen molar-refractivity contribution in [2.24, 2.45) is 11.8 Å². The number of nitrogens with one attached hydrogen (secondary N) is 1. The van der Waals surface area contributed by atoms with E-state index in [2.05, 4.69) is 24.2 Å². The normalized spacial score (nSPS) is 11.2. The zero-order valence-electron chi connectivity index (χ0n) is 12.1. The molecule has 0 aliphatic carbocycles. The van der Waals surface area contributed by atoms with Crippen LogP contribution in [0.3, 0.4) is 0 Å². The summed E-state index contributed by atoms with van der Waals surface area (Å²) >= 11 is 0. The average Bonchev–Trinajstić information content (AvgIpc) is 2.34. The van der Waals surface area contributed by atoms with Crippen molar-refractivity contribution in [2.75, 3.05) is 33.4 Å². The van der Waals surface area contributed by atoms with E-state index in [1.807, 2.05) is 0 Å². The number of carbonyl (C=O) groups is 1. The van der Waals surface area contributed by atoms with Gasteiger partial charge in [0.2, 0.25) is 5.91 Å². The molecule has 5 heteroatoms. The highest BCUT2D eigenvalue weighted by molar-refractivity contribution is 5.74. The number of hydrogen-bond acceptors (Lipinski definition) is 4. The van der Waals surface area contributed by atoms with Gasteiger partial charge in [-0.2, -0.15) is 0 Å². The van der Waals surface area contributed by atoms with E-state index < -0.39 is 0 Å². The summed E-state index contributed by atoms with van der Waals surface area (Å²) in [7, 11) is 1.74. The lowest BCUT2D eigenvalue weighted by atomic mass is 10.1. The Morgan fingerprint density at radius 2 is 2.00 bits per heavy atom. The molecule has 0 aromatic rings. The van der Waals surface area contributed by atoms with Crippen LogP contribution in [0.25, 0.3) is 0 Å². The molecule has 0 aromatic carbocycles. The van der Waals surface area contributed by atoms with Gasteiger partial charge in [0.1, 0.15) is 0 Å². The van der Waals surface area contributed by atoms with Gasteiger partial charge in [-0.05, 0) is 25.3 Å². The summed E-state index contributed by atoms with van der Waals surface area (Å²) in [6.45, 7) is 8.40. The van der Waals surface area contributed by atoms with Crippen LogP contribution >= 0.6 is 0 Å². The number of amides is 1. The number of ether oxygens (including phenoxy) is 1. The molecular weight excluding hydrogens is 230 g/mol. The molecule has 0 spiro atoms. The summed E-state index contributed by atoms with van der Waals surface area (Å²) in [5, 5.41) is 0. The molecule has 0 heterocycles. The third kappa shape index (κ3) is 10.5. The number of nitrogens with two attached hydrogens (primary N) is 1. The second-order valence-electron chi connectivity index (χ2n) is 5.07. The minimum Gasteiger partial charge on any atom is -0.383 e. The molecule has 5 nitrogen and oxygen atoms in total. The number of unbranched alkanes of at least 4 members (excludes halogenated alkanes) is 2. The Bertz CT molecular complexity index is 210. The lowest BCUT2D eigenvalue weighted by molar-refractivity contribution is -0.121. The van der Waals surface area contributed by atoms with Crippen LogP contribution in [0, 0.1) is 5.92 Å². The summed E-state index contributed by atoms with van der Waals surface area (Å²) in [5.74, 6) is 5.62. The van der Waals surface area contributed by atoms with Gasteiger partial charge < -0.3 is 9.64 Å². The second-order valence-corrected chi connectivity index (χ2v) is 5.07. The van der Waals surface area contributed by atoms with Gasteiger partial charge in [-0.3, -0.25) is 10.2 Å². The first kappa shape index (κ1) is 17.4. The Labute approximate surface area is 111 Å². The lowest BCUT2D eigenvalue weighted by Gasteiger charge is -2.23. The number of hydrogen-bond donors (Lipinski definition) is 2. The number of hydrazine groups is 1. The molecule has 0 bridgehead atoms. The molecule has 3 N–H and O–H groups in total. The lowest BCUT2D eigenvalue weighted by Crippen LogP contribution is -2.32. The molecule has 0 atom stereocenters. The van der Waals surface area contributed by atoms with Crippen LogP contribution < -0.4 is 11.3 Å². The summed E-state index contributed by atoms with van der Waals surface area (Å²) in [6.07, 6.45) is 3.62. The Kier molecular flexibility index (Phi) is 11.0. The first-order valence-electron chi connectivity index (χ1n) is 6.80. The fraction of sp³-hybridized carbons (Fsp3) is 0.923. The molecular formula is C13H29N3O2. The first-order chi connectivity index (χ1) is 8.60. The monoisotopic (exact) mass is 259 g/mol. The zero-order chi connectivity index (χ0) is 13.8. The fourth-order valence-corrected chi connectivity index (χ4v) is 1.90. The van der Waals surface area contributed by atoms with E-state index in [9.17, 15) is 4.79 Å². The number of nitrogens with zero attached hydrogens (tertiary/aromatic N) is 1. The molecule has 0 fully saturated rings. The number of carbonyl (C=O) groups excluding carboxylic acids is 1.